The molecule has 0 fully saturated rings. The molecule has 0 saturated heterocycles. The van der Waals surface area contributed by atoms with Gasteiger partial charge in [0, 0.05) is 12.1 Å². The Balaban J connectivity index is 4.00. The van der Waals surface area contributed by atoms with Crippen LogP contribution in [0.2, 0.25) is 0 Å². The first-order chi connectivity index (χ1) is 6.72. The van der Waals surface area contributed by atoms with Crippen molar-refractivity contribution in [2.45, 2.75) is 44.8 Å². The van der Waals surface area contributed by atoms with E-state index in [0.717, 1.165) is 0 Å². The second kappa shape index (κ2) is 5.34. The van der Waals surface area contributed by atoms with Gasteiger partial charge < -0.3 is 11.1 Å². The Morgan fingerprint density at radius 1 is 1.27 bits per heavy atom. The Labute approximate surface area is 87.2 Å². The molecule has 90 valence electrons. The fourth-order valence-corrected chi connectivity index (χ4v) is 1.02. The van der Waals surface area contributed by atoms with E-state index < -0.39 is 24.0 Å². The van der Waals surface area contributed by atoms with E-state index in [1.54, 1.807) is 0 Å². The molecule has 0 aliphatic carbocycles. The number of alkyl halides is 3. The molecule has 3 nitrogen and oxygen atoms in total. The second-order valence-electron chi connectivity index (χ2n) is 3.64. The minimum atomic E-state index is -4.46. The van der Waals surface area contributed by atoms with Gasteiger partial charge in [-0.3, -0.25) is 4.79 Å². The molecule has 0 saturated carbocycles. The lowest BCUT2D eigenvalue weighted by Crippen LogP contribution is -2.49. The third-order valence-electron chi connectivity index (χ3n) is 2.41. The highest BCUT2D eigenvalue weighted by atomic mass is 19.4. The predicted octanol–water partition coefficient (Wildman–Crippen LogP) is 1.57. The van der Waals surface area contributed by atoms with Crippen molar-refractivity contribution < 1.29 is 18.0 Å². The van der Waals surface area contributed by atoms with E-state index in [4.69, 9.17) is 5.73 Å². The zero-order valence-corrected chi connectivity index (χ0v) is 8.95. The summed E-state index contributed by atoms with van der Waals surface area (Å²) >= 11 is 0. The maximum Gasteiger partial charge on any atom is 0.397 e. The standard InChI is InChI=1S/C9H17F3N2O/c1-3-8(13,4-2)6-14-7(15)5-9(10,11)12/h3-6,13H2,1-2H3,(H,14,15). The number of amides is 1. The van der Waals surface area contributed by atoms with Gasteiger partial charge in [0.25, 0.3) is 0 Å². The fourth-order valence-electron chi connectivity index (χ4n) is 1.02. The van der Waals surface area contributed by atoms with Gasteiger partial charge in [0.2, 0.25) is 5.91 Å². The van der Waals surface area contributed by atoms with E-state index in [1.165, 1.54) is 0 Å². The Morgan fingerprint density at radius 2 is 1.73 bits per heavy atom. The van der Waals surface area contributed by atoms with Crippen molar-refractivity contribution in [3.05, 3.63) is 0 Å². The van der Waals surface area contributed by atoms with Crippen molar-refractivity contribution in [3.63, 3.8) is 0 Å². The number of halogens is 3. The van der Waals surface area contributed by atoms with Crippen molar-refractivity contribution in [3.8, 4) is 0 Å². The van der Waals surface area contributed by atoms with E-state index in [-0.39, 0.29) is 6.54 Å². The summed E-state index contributed by atoms with van der Waals surface area (Å²) in [5.74, 6) is -1.03. The van der Waals surface area contributed by atoms with E-state index in [9.17, 15) is 18.0 Å². The Bertz CT molecular complexity index is 212. The highest BCUT2D eigenvalue weighted by molar-refractivity contribution is 5.76. The van der Waals surface area contributed by atoms with Gasteiger partial charge in [0.05, 0.1) is 0 Å². The minimum absolute atomic E-state index is 0.0783. The van der Waals surface area contributed by atoms with Crippen LogP contribution < -0.4 is 11.1 Å². The molecular weight excluding hydrogens is 209 g/mol. The lowest BCUT2D eigenvalue weighted by Gasteiger charge is -2.26. The number of carbonyl (C=O) groups excluding carboxylic acids is 1. The minimum Gasteiger partial charge on any atom is -0.354 e. The molecule has 15 heavy (non-hydrogen) atoms. The van der Waals surface area contributed by atoms with Gasteiger partial charge in [-0.2, -0.15) is 13.2 Å². The summed E-state index contributed by atoms with van der Waals surface area (Å²) in [5.41, 5.74) is 5.20. The van der Waals surface area contributed by atoms with Gasteiger partial charge in [0.15, 0.2) is 0 Å². The van der Waals surface area contributed by atoms with Crippen LogP contribution in [0.5, 0.6) is 0 Å². The van der Waals surface area contributed by atoms with Gasteiger partial charge >= 0.3 is 6.18 Å². The predicted molar refractivity (Wildman–Crippen MR) is 51.2 cm³/mol. The van der Waals surface area contributed by atoms with E-state index >= 15 is 0 Å². The molecule has 0 atom stereocenters. The molecule has 0 aliphatic rings. The number of carbonyl (C=O) groups is 1. The molecule has 0 radical (unpaired) electrons. The third-order valence-corrected chi connectivity index (χ3v) is 2.41. The summed E-state index contributed by atoms with van der Waals surface area (Å²) in [4.78, 5) is 10.9. The van der Waals surface area contributed by atoms with Crippen molar-refractivity contribution >= 4 is 5.91 Å². The number of rotatable bonds is 5. The zero-order valence-electron chi connectivity index (χ0n) is 8.95. The molecule has 0 aromatic rings. The van der Waals surface area contributed by atoms with Crippen molar-refractivity contribution in [2.24, 2.45) is 5.73 Å². The van der Waals surface area contributed by atoms with Crippen LogP contribution in [0.25, 0.3) is 0 Å². The fraction of sp³-hybridized carbons (Fsp3) is 0.889. The van der Waals surface area contributed by atoms with Crippen molar-refractivity contribution in [1.29, 1.82) is 0 Å². The molecule has 0 spiro atoms. The molecule has 0 aromatic carbocycles. The van der Waals surface area contributed by atoms with Crippen LogP contribution in [-0.4, -0.2) is 24.2 Å². The molecule has 1 amide bonds. The molecule has 0 heterocycles. The number of hydrogen-bond donors (Lipinski definition) is 2. The van der Waals surface area contributed by atoms with Crippen LogP contribution >= 0.6 is 0 Å². The Morgan fingerprint density at radius 3 is 2.07 bits per heavy atom. The summed E-state index contributed by atoms with van der Waals surface area (Å²) in [6.45, 7) is 3.74. The SMILES string of the molecule is CCC(N)(CC)CNC(=O)CC(F)(F)F. The monoisotopic (exact) mass is 226 g/mol. The van der Waals surface area contributed by atoms with Crippen LogP contribution in [0.15, 0.2) is 0 Å². The second-order valence-corrected chi connectivity index (χ2v) is 3.64. The largest absolute Gasteiger partial charge is 0.397 e. The van der Waals surface area contributed by atoms with Gasteiger partial charge in [0.1, 0.15) is 6.42 Å². The zero-order chi connectivity index (χ0) is 12.1. The average molecular weight is 226 g/mol. The van der Waals surface area contributed by atoms with Crippen molar-refractivity contribution in [1.82, 2.24) is 5.32 Å². The summed E-state index contributed by atoms with van der Waals surface area (Å²) in [5, 5.41) is 2.20. The number of nitrogens with two attached hydrogens (primary N) is 1. The van der Waals surface area contributed by atoms with Crippen molar-refractivity contribution in [2.75, 3.05) is 6.54 Å². The van der Waals surface area contributed by atoms with E-state index in [2.05, 4.69) is 5.32 Å². The van der Waals surface area contributed by atoms with Gasteiger partial charge in [-0.25, -0.2) is 0 Å². The Kier molecular flexibility index (Phi) is 5.07. The van der Waals surface area contributed by atoms with Crippen LogP contribution in [0.3, 0.4) is 0 Å². The third kappa shape index (κ3) is 6.33. The molecular formula is C9H17F3N2O. The summed E-state index contributed by atoms with van der Waals surface area (Å²) in [6, 6.07) is 0. The highest BCUT2D eigenvalue weighted by Crippen LogP contribution is 2.19. The number of hydrogen-bond acceptors (Lipinski definition) is 2. The first kappa shape index (κ1) is 14.2. The molecule has 6 heteroatoms. The van der Waals surface area contributed by atoms with Crippen LogP contribution in [0, 0.1) is 0 Å². The van der Waals surface area contributed by atoms with Gasteiger partial charge in [-0.15, -0.1) is 0 Å². The van der Waals surface area contributed by atoms with Gasteiger partial charge in [-0.05, 0) is 12.8 Å². The maximum atomic E-state index is 11.8. The van der Waals surface area contributed by atoms with Crippen LogP contribution in [0.4, 0.5) is 13.2 Å². The molecule has 0 aromatic heterocycles. The molecule has 3 N–H and O–H groups in total. The summed E-state index contributed by atoms with van der Waals surface area (Å²) in [6.07, 6.45) is -4.69. The first-order valence-corrected chi connectivity index (χ1v) is 4.85. The molecule has 0 aliphatic heterocycles. The topological polar surface area (TPSA) is 55.1 Å². The normalized spacial score (nSPS) is 12.7. The van der Waals surface area contributed by atoms with E-state index in [0.29, 0.717) is 12.8 Å². The lowest BCUT2D eigenvalue weighted by atomic mass is 9.94. The quantitative estimate of drug-likeness (QED) is 0.747. The highest BCUT2D eigenvalue weighted by Gasteiger charge is 2.32. The molecule has 0 rings (SSSR count). The Hall–Kier alpha value is -0.780. The smallest absolute Gasteiger partial charge is 0.354 e. The lowest BCUT2D eigenvalue weighted by molar-refractivity contribution is -0.153. The van der Waals surface area contributed by atoms with Gasteiger partial charge in [-0.1, -0.05) is 13.8 Å². The molecule has 0 bridgehead atoms. The van der Waals surface area contributed by atoms with Crippen LogP contribution in [-0.2, 0) is 4.79 Å². The first-order valence-electron chi connectivity index (χ1n) is 4.85. The van der Waals surface area contributed by atoms with E-state index in [1.807, 2.05) is 13.8 Å². The average Bonchev–Trinajstić information content (AvgIpc) is 2.12. The maximum absolute atomic E-state index is 11.8. The van der Waals surface area contributed by atoms with Crippen LogP contribution in [0.1, 0.15) is 33.1 Å². The summed E-state index contributed by atoms with van der Waals surface area (Å²) in [7, 11) is 0. The molecule has 0 unspecified atom stereocenters. The number of nitrogens with one attached hydrogen (secondary N) is 1. The summed E-state index contributed by atoms with van der Waals surface area (Å²) < 4.78 is 35.4.